The zero-order valence-electron chi connectivity index (χ0n) is 10.9. The lowest BCUT2D eigenvalue weighted by Gasteiger charge is -2.11. The summed E-state index contributed by atoms with van der Waals surface area (Å²) in [4.78, 5) is 9.02. The second kappa shape index (κ2) is 6.90. The standard InChI is InChI=1S/C14H12BrCl2IN2/c1-7(2)5-11-12(18)13(17)20-14(19-11)9-6-8(16)3-4-10(9)15/h3-4,6-7H,5H2,1-2H3. The molecule has 1 aromatic carbocycles. The molecule has 0 unspecified atom stereocenters. The molecule has 2 aromatic rings. The van der Waals surface area contributed by atoms with E-state index in [9.17, 15) is 0 Å². The van der Waals surface area contributed by atoms with Gasteiger partial charge in [0.2, 0.25) is 0 Å². The lowest BCUT2D eigenvalue weighted by molar-refractivity contribution is 0.632. The van der Waals surface area contributed by atoms with Gasteiger partial charge in [-0.2, -0.15) is 0 Å². The number of halogens is 4. The summed E-state index contributed by atoms with van der Waals surface area (Å²) < 4.78 is 1.81. The molecule has 106 valence electrons. The lowest BCUT2D eigenvalue weighted by atomic mass is 10.1. The smallest absolute Gasteiger partial charge is 0.162 e. The molecule has 0 aliphatic carbocycles. The third kappa shape index (κ3) is 3.84. The van der Waals surface area contributed by atoms with Gasteiger partial charge in [-0.3, -0.25) is 0 Å². The van der Waals surface area contributed by atoms with Crippen LogP contribution in [0.25, 0.3) is 11.4 Å². The monoisotopic (exact) mass is 484 g/mol. The number of hydrogen-bond donors (Lipinski definition) is 0. The van der Waals surface area contributed by atoms with Crippen molar-refractivity contribution in [2.45, 2.75) is 20.3 Å². The summed E-state index contributed by atoms with van der Waals surface area (Å²) in [6.07, 6.45) is 0.867. The molecule has 6 heteroatoms. The summed E-state index contributed by atoms with van der Waals surface area (Å²) >= 11 is 18.0. The molecule has 0 radical (unpaired) electrons. The van der Waals surface area contributed by atoms with Gasteiger partial charge < -0.3 is 0 Å². The van der Waals surface area contributed by atoms with Crippen LogP contribution < -0.4 is 0 Å². The number of hydrogen-bond acceptors (Lipinski definition) is 2. The lowest BCUT2D eigenvalue weighted by Crippen LogP contribution is -2.04. The first-order valence-corrected chi connectivity index (χ1v) is 8.68. The van der Waals surface area contributed by atoms with Crippen LogP contribution in [0.5, 0.6) is 0 Å². The molecular weight excluding hydrogens is 474 g/mol. The highest BCUT2D eigenvalue weighted by molar-refractivity contribution is 14.1. The third-order valence-electron chi connectivity index (χ3n) is 2.65. The van der Waals surface area contributed by atoms with Crippen molar-refractivity contribution in [1.29, 1.82) is 0 Å². The van der Waals surface area contributed by atoms with Crippen LogP contribution >= 0.6 is 61.7 Å². The Balaban J connectivity index is 2.57. The minimum Gasteiger partial charge on any atom is -0.232 e. The molecule has 0 bridgehead atoms. The van der Waals surface area contributed by atoms with E-state index in [2.05, 4.69) is 62.3 Å². The Bertz CT molecular complexity index is 647. The molecule has 0 fully saturated rings. The van der Waals surface area contributed by atoms with Crippen molar-refractivity contribution in [3.63, 3.8) is 0 Å². The van der Waals surface area contributed by atoms with Gasteiger partial charge in [0.1, 0.15) is 5.15 Å². The largest absolute Gasteiger partial charge is 0.232 e. The number of benzene rings is 1. The van der Waals surface area contributed by atoms with Crippen LogP contribution in [-0.4, -0.2) is 9.97 Å². The van der Waals surface area contributed by atoms with Gasteiger partial charge in [0.05, 0.1) is 9.26 Å². The van der Waals surface area contributed by atoms with Crippen molar-refractivity contribution in [3.8, 4) is 11.4 Å². The number of rotatable bonds is 3. The predicted octanol–water partition coefficient (Wildman–Crippen LogP) is 6.02. The fraction of sp³-hybridized carbons (Fsp3) is 0.286. The Kier molecular flexibility index (Phi) is 5.68. The summed E-state index contributed by atoms with van der Waals surface area (Å²) in [6, 6.07) is 5.54. The van der Waals surface area contributed by atoms with Gasteiger partial charge in [-0.05, 0) is 53.1 Å². The van der Waals surface area contributed by atoms with Gasteiger partial charge >= 0.3 is 0 Å². The molecule has 0 aliphatic rings. The Morgan fingerprint density at radius 1 is 1.25 bits per heavy atom. The maximum Gasteiger partial charge on any atom is 0.162 e. The topological polar surface area (TPSA) is 25.8 Å². The van der Waals surface area contributed by atoms with Crippen molar-refractivity contribution >= 4 is 61.7 Å². The second-order valence-corrected chi connectivity index (χ2v) is 7.55. The summed E-state index contributed by atoms with van der Waals surface area (Å²) in [5, 5.41) is 1.13. The Hall–Kier alpha value is 0.0900. The Morgan fingerprint density at radius 2 is 1.95 bits per heavy atom. The van der Waals surface area contributed by atoms with Crippen molar-refractivity contribution in [2.24, 2.45) is 5.92 Å². The molecular formula is C14H12BrCl2IN2. The average molecular weight is 486 g/mol. The molecule has 0 spiro atoms. The van der Waals surface area contributed by atoms with E-state index in [1.54, 1.807) is 0 Å². The van der Waals surface area contributed by atoms with E-state index in [0.29, 0.717) is 21.9 Å². The predicted molar refractivity (Wildman–Crippen MR) is 96.4 cm³/mol. The van der Waals surface area contributed by atoms with E-state index in [-0.39, 0.29) is 0 Å². The number of nitrogens with zero attached hydrogens (tertiary/aromatic N) is 2. The molecule has 0 amide bonds. The van der Waals surface area contributed by atoms with Crippen LogP contribution in [0.4, 0.5) is 0 Å². The van der Waals surface area contributed by atoms with Crippen LogP contribution in [0, 0.1) is 9.49 Å². The van der Waals surface area contributed by atoms with Crippen molar-refractivity contribution in [2.75, 3.05) is 0 Å². The average Bonchev–Trinajstić information content (AvgIpc) is 2.37. The number of aromatic nitrogens is 2. The molecule has 1 heterocycles. The SMILES string of the molecule is CC(C)Cc1nc(-c2cc(Cl)ccc2Br)nc(Cl)c1I. The molecule has 0 atom stereocenters. The summed E-state index contributed by atoms with van der Waals surface area (Å²) in [5.41, 5.74) is 1.82. The van der Waals surface area contributed by atoms with E-state index in [4.69, 9.17) is 23.2 Å². The van der Waals surface area contributed by atoms with Gasteiger partial charge in [0, 0.05) is 15.1 Å². The highest BCUT2D eigenvalue weighted by atomic mass is 127. The van der Waals surface area contributed by atoms with Crippen LogP contribution in [0.2, 0.25) is 10.2 Å². The molecule has 2 rings (SSSR count). The molecule has 0 saturated carbocycles. The fourth-order valence-electron chi connectivity index (χ4n) is 1.77. The van der Waals surface area contributed by atoms with Crippen molar-refractivity contribution in [1.82, 2.24) is 9.97 Å². The van der Waals surface area contributed by atoms with Gasteiger partial charge in [0.15, 0.2) is 5.82 Å². The van der Waals surface area contributed by atoms with Gasteiger partial charge in [-0.1, -0.05) is 53.0 Å². The third-order valence-corrected chi connectivity index (χ3v) is 5.30. The first-order chi connectivity index (χ1) is 9.38. The van der Waals surface area contributed by atoms with Crippen LogP contribution in [0.3, 0.4) is 0 Å². The minimum atomic E-state index is 0.484. The van der Waals surface area contributed by atoms with E-state index < -0.39 is 0 Å². The van der Waals surface area contributed by atoms with Crippen LogP contribution in [0.1, 0.15) is 19.5 Å². The first kappa shape index (κ1) is 16.5. The van der Waals surface area contributed by atoms with Crippen molar-refractivity contribution < 1.29 is 0 Å². The van der Waals surface area contributed by atoms with Crippen molar-refractivity contribution in [3.05, 3.63) is 42.1 Å². The van der Waals surface area contributed by atoms with Gasteiger partial charge in [-0.15, -0.1) is 0 Å². The van der Waals surface area contributed by atoms with E-state index in [1.165, 1.54) is 0 Å². The summed E-state index contributed by atoms with van der Waals surface area (Å²) in [5.74, 6) is 1.10. The normalized spacial score (nSPS) is 11.2. The van der Waals surface area contributed by atoms with E-state index in [1.807, 2.05) is 18.2 Å². The Labute approximate surface area is 150 Å². The zero-order chi connectivity index (χ0) is 14.9. The van der Waals surface area contributed by atoms with E-state index in [0.717, 1.165) is 25.7 Å². The highest BCUT2D eigenvalue weighted by Gasteiger charge is 2.15. The Morgan fingerprint density at radius 3 is 2.60 bits per heavy atom. The molecule has 1 aromatic heterocycles. The summed E-state index contributed by atoms with van der Waals surface area (Å²) in [7, 11) is 0. The van der Waals surface area contributed by atoms with Crippen LogP contribution in [0.15, 0.2) is 22.7 Å². The maximum atomic E-state index is 6.24. The maximum absolute atomic E-state index is 6.24. The first-order valence-electron chi connectivity index (χ1n) is 6.05. The fourth-order valence-corrected chi connectivity index (χ4v) is 3.02. The molecule has 0 saturated heterocycles. The highest BCUT2D eigenvalue weighted by Crippen LogP contribution is 2.31. The molecule has 0 aliphatic heterocycles. The second-order valence-electron chi connectivity index (χ2n) is 4.82. The van der Waals surface area contributed by atoms with E-state index >= 15 is 0 Å². The minimum absolute atomic E-state index is 0.484. The molecule has 20 heavy (non-hydrogen) atoms. The van der Waals surface area contributed by atoms with Crippen LogP contribution in [-0.2, 0) is 6.42 Å². The molecule has 0 N–H and O–H groups in total. The quantitative estimate of drug-likeness (QED) is 0.392. The van der Waals surface area contributed by atoms with Gasteiger partial charge in [0.25, 0.3) is 0 Å². The van der Waals surface area contributed by atoms with Gasteiger partial charge in [-0.25, -0.2) is 9.97 Å². The zero-order valence-corrected chi connectivity index (χ0v) is 16.2. The summed E-state index contributed by atoms with van der Waals surface area (Å²) in [6.45, 7) is 4.31. The molecule has 2 nitrogen and oxygen atoms in total.